The Hall–Kier alpha value is -1.48. The Balaban J connectivity index is 0. The summed E-state index contributed by atoms with van der Waals surface area (Å²) in [6, 6.07) is 0. The van der Waals surface area contributed by atoms with E-state index in [4.69, 9.17) is 39.6 Å². The van der Waals surface area contributed by atoms with Crippen molar-refractivity contribution in [2.45, 2.75) is 52.3 Å². The van der Waals surface area contributed by atoms with Gasteiger partial charge in [0.15, 0.2) is 12.0 Å². The molecule has 0 aromatic rings. The van der Waals surface area contributed by atoms with Crippen LogP contribution in [0.1, 0.15) is 27.7 Å². The van der Waals surface area contributed by atoms with Gasteiger partial charge in [0.2, 0.25) is 6.29 Å². The molecule has 1 fully saturated rings. The minimum absolute atomic E-state index is 0. The SMILES string of the molecule is CC(=N)OC1[CH-]C(C(=O)OCCN)OC(OC(C)=O)C1OC(C)=O.C[C-]=O.[U+2]. The Morgan fingerprint density at radius 1 is 1.14 bits per heavy atom. The van der Waals surface area contributed by atoms with Crippen LogP contribution in [0.3, 0.4) is 0 Å². The zero-order valence-corrected chi connectivity index (χ0v) is 20.2. The topological polar surface area (TPSA) is 164 Å². The Morgan fingerprint density at radius 3 is 2.11 bits per heavy atom. The van der Waals surface area contributed by atoms with E-state index in [1.807, 2.05) is 0 Å². The van der Waals surface area contributed by atoms with Crippen LogP contribution in [0.5, 0.6) is 0 Å². The van der Waals surface area contributed by atoms with Crippen molar-refractivity contribution in [3.63, 3.8) is 0 Å². The molecule has 1 heterocycles. The molecule has 0 radical (unpaired) electrons. The molecule has 1 rings (SSSR count). The van der Waals surface area contributed by atoms with E-state index in [2.05, 4.69) is 0 Å². The second kappa shape index (κ2) is 15.4. The molecular formula is C16H24N2O9U. The van der Waals surface area contributed by atoms with Gasteiger partial charge in [0.05, 0.1) is 0 Å². The van der Waals surface area contributed by atoms with Gasteiger partial charge in [-0.1, -0.05) is 0 Å². The third-order valence-corrected chi connectivity index (χ3v) is 2.73. The molecule has 156 valence electrons. The molecule has 0 aliphatic carbocycles. The fourth-order valence-corrected chi connectivity index (χ4v) is 1.96. The monoisotopic (exact) mass is 626 g/mol. The third-order valence-electron chi connectivity index (χ3n) is 2.73. The molecule has 28 heavy (non-hydrogen) atoms. The van der Waals surface area contributed by atoms with Crippen LogP contribution in [0.2, 0.25) is 0 Å². The summed E-state index contributed by atoms with van der Waals surface area (Å²) in [4.78, 5) is 43.2. The summed E-state index contributed by atoms with van der Waals surface area (Å²) < 4.78 is 25.5. The average molecular weight is 626 g/mol. The number of rotatable bonds is 6. The normalized spacial score (nSPS) is 22.9. The fraction of sp³-hybridized carbons (Fsp3) is 0.625. The first kappa shape index (κ1) is 28.7. The summed E-state index contributed by atoms with van der Waals surface area (Å²) in [6.07, 6.45) is -2.08. The fourth-order valence-electron chi connectivity index (χ4n) is 1.96. The Morgan fingerprint density at radius 2 is 1.68 bits per heavy atom. The zero-order valence-electron chi connectivity index (χ0n) is 16.1. The minimum Gasteiger partial charge on any atom is -0.542 e. The van der Waals surface area contributed by atoms with E-state index >= 15 is 0 Å². The van der Waals surface area contributed by atoms with Crippen LogP contribution >= 0.6 is 0 Å². The van der Waals surface area contributed by atoms with E-state index in [0.29, 0.717) is 0 Å². The molecule has 11 nitrogen and oxygen atoms in total. The van der Waals surface area contributed by atoms with Crippen LogP contribution < -0.4 is 5.73 Å². The standard InChI is InChI=1S/C14H21N2O8.C2H3O.U/c1-7(16)21-10-6-11(13(19)20-5-4-15)24-14(23-9(3)18)12(10)22-8(2)17;1-2-3;/h6,10-12,14,16H,4-5,15H2,1-3H3;1H3;/q2*-1;+2. The van der Waals surface area contributed by atoms with Crippen molar-refractivity contribution in [1.29, 1.82) is 5.41 Å². The van der Waals surface area contributed by atoms with Crippen LogP contribution in [-0.4, -0.2) is 67.8 Å². The van der Waals surface area contributed by atoms with Crippen LogP contribution in [0.25, 0.3) is 0 Å². The average Bonchev–Trinajstić information content (AvgIpc) is 2.54. The van der Waals surface area contributed by atoms with Gasteiger partial charge in [-0.05, 0) is 0 Å². The minimum atomic E-state index is -1.39. The van der Waals surface area contributed by atoms with Crippen molar-refractivity contribution in [3.05, 3.63) is 6.42 Å². The molecule has 3 N–H and O–H groups in total. The van der Waals surface area contributed by atoms with Crippen LogP contribution in [0, 0.1) is 42.9 Å². The largest absolute Gasteiger partial charge is 2.00 e. The van der Waals surface area contributed by atoms with E-state index in [1.165, 1.54) is 26.6 Å². The molecule has 4 unspecified atom stereocenters. The van der Waals surface area contributed by atoms with E-state index in [-0.39, 0.29) is 50.2 Å². The van der Waals surface area contributed by atoms with Gasteiger partial charge in [0.25, 0.3) is 0 Å². The molecule has 0 amide bonds. The van der Waals surface area contributed by atoms with Crippen molar-refractivity contribution in [1.82, 2.24) is 0 Å². The van der Waals surface area contributed by atoms with E-state index in [0.717, 1.165) is 13.8 Å². The molecule has 0 saturated carbocycles. The van der Waals surface area contributed by atoms with Crippen LogP contribution in [-0.2, 0) is 42.9 Å². The predicted octanol–water partition coefficient (Wildman–Crippen LogP) is -0.589. The molecule has 1 aliphatic heterocycles. The molecule has 1 saturated heterocycles. The first-order valence-corrected chi connectivity index (χ1v) is 7.88. The molecule has 4 atom stereocenters. The summed E-state index contributed by atoms with van der Waals surface area (Å²) in [5, 5.41) is 7.43. The Labute approximate surface area is 186 Å². The number of carbonyl (C=O) groups is 3. The van der Waals surface area contributed by atoms with Gasteiger partial charge in [0, 0.05) is 39.5 Å². The first-order valence-electron chi connectivity index (χ1n) is 7.88. The smallest absolute Gasteiger partial charge is 0.542 e. The van der Waals surface area contributed by atoms with E-state index < -0.39 is 42.5 Å². The van der Waals surface area contributed by atoms with Gasteiger partial charge in [-0.25, -0.2) is 6.42 Å². The number of nitrogens with one attached hydrogen (secondary N) is 1. The Kier molecular flexibility index (Phi) is 15.8. The zero-order chi connectivity index (χ0) is 21.0. The number of hydrogen-bond acceptors (Lipinski definition) is 11. The van der Waals surface area contributed by atoms with Crippen molar-refractivity contribution in [2.24, 2.45) is 5.73 Å². The maximum Gasteiger partial charge on any atom is 2.00 e. The van der Waals surface area contributed by atoms with E-state index in [9.17, 15) is 14.4 Å². The quantitative estimate of drug-likeness (QED) is 0.128. The molecular weight excluding hydrogens is 602 g/mol. The second-order valence-corrected chi connectivity index (χ2v) is 5.10. The summed E-state index contributed by atoms with van der Waals surface area (Å²) in [6.45, 7) is 5.07. The van der Waals surface area contributed by atoms with Crippen molar-refractivity contribution < 1.29 is 74.0 Å². The van der Waals surface area contributed by atoms with Crippen molar-refractivity contribution in [2.75, 3.05) is 13.2 Å². The van der Waals surface area contributed by atoms with Crippen LogP contribution in [0.15, 0.2) is 0 Å². The molecule has 0 bridgehead atoms. The van der Waals surface area contributed by atoms with Crippen molar-refractivity contribution in [3.8, 4) is 0 Å². The van der Waals surface area contributed by atoms with Gasteiger partial charge in [-0.2, -0.15) is 6.92 Å². The van der Waals surface area contributed by atoms with E-state index in [1.54, 1.807) is 0 Å². The second-order valence-electron chi connectivity index (χ2n) is 5.10. The first-order chi connectivity index (χ1) is 12.7. The number of hydrogen-bond donors (Lipinski definition) is 2. The summed E-state index contributed by atoms with van der Waals surface area (Å²) in [5.74, 6) is -2.34. The molecule has 12 heteroatoms. The van der Waals surface area contributed by atoms with Gasteiger partial charge < -0.3 is 34.2 Å². The maximum atomic E-state index is 12.0. The number of nitrogens with two attached hydrogens (primary N) is 1. The van der Waals surface area contributed by atoms with Crippen LogP contribution in [0.4, 0.5) is 0 Å². The molecule has 0 aromatic carbocycles. The summed E-state index contributed by atoms with van der Waals surface area (Å²) in [5.41, 5.74) is 5.26. The number of esters is 3. The number of ether oxygens (including phenoxy) is 5. The van der Waals surface area contributed by atoms with Gasteiger partial charge in [-0.3, -0.25) is 26.1 Å². The maximum absolute atomic E-state index is 12.0. The summed E-state index contributed by atoms with van der Waals surface area (Å²) in [7, 11) is 0. The molecule has 1 aliphatic rings. The third kappa shape index (κ3) is 11.4. The Bertz CT molecular complexity index is 518. The molecule has 0 spiro atoms. The predicted molar refractivity (Wildman–Crippen MR) is 89.9 cm³/mol. The van der Waals surface area contributed by atoms with Gasteiger partial charge >= 0.3 is 49.0 Å². The number of carbonyl (C=O) groups excluding carboxylic acids is 4. The summed E-state index contributed by atoms with van der Waals surface area (Å²) >= 11 is 0. The van der Waals surface area contributed by atoms with Crippen molar-refractivity contribution >= 4 is 30.1 Å². The van der Waals surface area contributed by atoms with Gasteiger partial charge in [-0.15, -0.1) is 0 Å². The van der Waals surface area contributed by atoms with Gasteiger partial charge in [0.1, 0.15) is 6.61 Å². The molecule has 0 aromatic heterocycles.